The number of benzene rings is 1. The normalized spacial score (nSPS) is 22.8. The monoisotopic (exact) mass is 467 g/mol. The van der Waals surface area contributed by atoms with E-state index in [-0.39, 0.29) is 28.6 Å². The van der Waals surface area contributed by atoms with Crippen LogP contribution in [0.5, 0.6) is 0 Å². The Bertz CT molecular complexity index is 948. The minimum Gasteiger partial charge on any atom is -0.449 e. The third-order valence-electron chi connectivity index (χ3n) is 5.78. The van der Waals surface area contributed by atoms with Gasteiger partial charge in [-0.05, 0) is 51.8 Å². The van der Waals surface area contributed by atoms with Crippen LogP contribution in [0.4, 0.5) is 5.69 Å². The highest BCUT2D eigenvalue weighted by atomic mass is 32.2. The Morgan fingerprint density at radius 3 is 2.28 bits per heavy atom. The van der Waals surface area contributed by atoms with Crippen LogP contribution in [0.2, 0.25) is 0 Å². The fourth-order valence-electron chi connectivity index (χ4n) is 4.17. The van der Waals surface area contributed by atoms with Gasteiger partial charge in [-0.2, -0.15) is 0 Å². The van der Waals surface area contributed by atoms with Gasteiger partial charge < -0.3 is 19.3 Å². The van der Waals surface area contributed by atoms with Crippen molar-refractivity contribution in [1.29, 1.82) is 0 Å². The minimum absolute atomic E-state index is 0.00667. The molecule has 2 saturated heterocycles. The number of carbonyl (C=O) groups excluding carboxylic acids is 2. The van der Waals surface area contributed by atoms with Crippen molar-refractivity contribution < 1.29 is 27.5 Å². The molecule has 10 heteroatoms. The Morgan fingerprint density at radius 1 is 1.12 bits per heavy atom. The van der Waals surface area contributed by atoms with Crippen LogP contribution in [0.3, 0.4) is 0 Å². The van der Waals surface area contributed by atoms with E-state index in [0.717, 1.165) is 30.2 Å². The Labute approximate surface area is 190 Å². The summed E-state index contributed by atoms with van der Waals surface area (Å²) in [6.07, 6.45) is 0.796. The van der Waals surface area contributed by atoms with Crippen molar-refractivity contribution in [1.82, 2.24) is 9.21 Å². The van der Waals surface area contributed by atoms with E-state index in [1.165, 1.54) is 26.2 Å². The van der Waals surface area contributed by atoms with E-state index in [4.69, 9.17) is 9.47 Å². The number of hydrogen-bond acceptors (Lipinski definition) is 7. The molecule has 1 aromatic rings. The Morgan fingerprint density at radius 2 is 1.72 bits per heavy atom. The minimum atomic E-state index is -3.73. The van der Waals surface area contributed by atoms with E-state index in [0.29, 0.717) is 18.8 Å². The van der Waals surface area contributed by atoms with E-state index in [2.05, 4.69) is 0 Å². The largest absolute Gasteiger partial charge is 0.449 e. The van der Waals surface area contributed by atoms with Gasteiger partial charge >= 0.3 is 5.97 Å². The van der Waals surface area contributed by atoms with Crippen LogP contribution in [0, 0.1) is 0 Å². The maximum atomic E-state index is 13.1. The maximum Gasteiger partial charge on any atom is 0.341 e. The summed E-state index contributed by atoms with van der Waals surface area (Å²) in [4.78, 5) is 29.7. The van der Waals surface area contributed by atoms with Gasteiger partial charge in [0.15, 0.2) is 6.10 Å². The van der Waals surface area contributed by atoms with Crippen LogP contribution in [0.15, 0.2) is 23.1 Å². The SMILES string of the molecule is CC1CN(C(=O)C(C)OC(=O)c2cc(S(=O)(=O)N(C)C)ccc2N2CCCC2)CC(C)O1. The van der Waals surface area contributed by atoms with Gasteiger partial charge in [-0.25, -0.2) is 17.5 Å². The number of sulfonamides is 1. The summed E-state index contributed by atoms with van der Waals surface area (Å²) in [5, 5.41) is 0. The van der Waals surface area contributed by atoms with E-state index < -0.39 is 22.1 Å². The number of amides is 1. The number of morpholine rings is 1. The molecular weight excluding hydrogens is 434 g/mol. The fourth-order valence-corrected chi connectivity index (χ4v) is 5.10. The molecule has 0 spiro atoms. The van der Waals surface area contributed by atoms with Gasteiger partial charge in [0.05, 0.1) is 28.4 Å². The number of ether oxygens (including phenoxy) is 2. The zero-order chi connectivity index (χ0) is 23.6. The lowest BCUT2D eigenvalue weighted by Gasteiger charge is -2.36. The second-order valence-corrected chi connectivity index (χ2v) is 10.9. The molecule has 0 aliphatic carbocycles. The molecule has 0 aromatic heterocycles. The van der Waals surface area contributed by atoms with Gasteiger partial charge in [0.2, 0.25) is 10.0 Å². The zero-order valence-electron chi connectivity index (χ0n) is 19.4. The molecule has 0 radical (unpaired) electrons. The molecule has 3 unspecified atom stereocenters. The van der Waals surface area contributed by atoms with Crippen LogP contribution < -0.4 is 4.90 Å². The predicted molar refractivity (Wildman–Crippen MR) is 120 cm³/mol. The number of carbonyl (C=O) groups is 2. The summed E-state index contributed by atoms with van der Waals surface area (Å²) in [5.41, 5.74) is 0.775. The lowest BCUT2D eigenvalue weighted by Crippen LogP contribution is -2.51. The fraction of sp³-hybridized carbons (Fsp3) is 0.636. The lowest BCUT2D eigenvalue weighted by atomic mass is 10.1. The van der Waals surface area contributed by atoms with Gasteiger partial charge in [-0.3, -0.25) is 4.79 Å². The Balaban J connectivity index is 1.85. The van der Waals surface area contributed by atoms with Crippen molar-refractivity contribution in [3.8, 4) is 0 Å². The molecule has 2 fully saturated rings. The molecule has 32 heavy (non-hydrogen) atoms. The summed E-state index contributed by atoms with van der Waals surface area (Å²) in [6.45, 7) is 7.75. The van der Waals surface area contributed by atoms with Crippen LogP contribution >= 0.6 is 0 Å². The van der Waals surface area contributed by atoms with E-state index in [1.807, 2.05) is 18.7 Å². The van der Waals surface area contributed by atoms with Gasteiger partial charge in [0.25, 0.3) is 5.91 Å². The van der Waals surface area contributed by atoms with Crippen LogP contribution in [0.1, 0.15) is 44.0 Å². The lowest BCUT2D eigenvalue weighted by molar-refractivity contribution is -0.151. The third kappa shape index (κ3) is 5.24. The molecule has 9 nitrogen and oxygen atoms in total. The van der Waals surface area contributed by atoms with Crippen molar-refractivity contribution in [3.63, 3.8) is 0 Å². The molecule has 1 amide bonds. The molecule has 0 saturated carbocycles. The summed E-state index contributed by atoms with van der Waals surface area (Å²) >= 11 is 0. The number of esters is 1. The van der Waals surface area contributed by atoms with Crippen molar-refractivity contribution in [3.05, 3.63) is 23.8 Å². The first-order valence-electron chi connectivity index (χ1n) is 11.0. The average molecular weight is 468 g/mol. The molecule has 2 aliphatic heterocycles. The molecule has 3 rings (SSSR count). The van der Waals surface area contributed by atoms with E-state index in [1.54, 1.807) is 17.9 Å². The van der Waals surface area contributed by atoms with Gasteiger partial charge in [-0.1, -0.05) is 0 Å². The molecule has 2 aliphatic rings. The molecule has 1 aromatic carbocycles. The van der Waals surface area contributed by atoms with Crippen molar-refractivity contribution >= 4 is 27.6 Å². The van der Waals surface area contributed by atoms with E-state index >= 15 is 0 Å². The summed E-state index contributed by atoms with van der Waals surface area (Å²) in [6, 6.07) is 4.50. The Kier molecular flexibility index (Phi) is 7.46. The molecular formula is C22H33N3O6S. The topological polar surface area (TPSA) is 96.5 Å². The second kappa shape index (κ2) is 9.76. The first-order chi connectivity index (χ1) is 15.0. The first kappa shape index (κ1) is 24.5. The highest BCUT2D eigenvalue weighted by molar-refractivity contribution is 7.89. The smallest absolute Gasteiger partial charge is 0.341 e. The standard InChI is InChI=1S/C22H33N3O6S/c1-15-13-25(14-16(2)30-15)21(26)17(3)31-22(27)19-12-18(32(28,29)23(4)5)8-9-20(19)24-10-6-7-11-24/h8-9,12,15-17H,6-7,10-11,13-14H2,1-5H3. The average Bonchev–Trinajstić information content (AvgIpc) is 3.26. The van der Waals surface area contributed by atoms with Gasteiger partial charge in [0, 0.05) is 40.3 Å². The summed E-state index contributed by atoms with van der Waals surface area (Å²) in [5.74, 6) is -1.00. The number of hydrogen-bond donors (Lipinski definition) is 0. The van der Waals surface area contributed by atoms with Crippen LogP contribution in [0.25, 0.3) is 0 Å². The van der Waals surface area contributed by atoms with Crippen LogP contribution in [-0.2, 0) is 24.3 Å². The number of anilines is 1. The third-order valence-corrected chi connectivity index (χ3v) is 7.59. The van der Waals surface area contributed by atoms with Gasteiger partial charge in [0.1, 0.15) is 0 Å². The maximum absolute atomic E-state index is 13.1. The zero-order valence-corrected chi connectivity index (χ0v) is 20.2. The summed E-state index contributed by atoms with van der Waals surface area (Å²) in [7, 11) is -0.855. The van der Waals surface area contributed by atoms with Crippen molar-refractivity contribution in [2.45, 2.75) is 56.8 Å². The predicted octanol–water partition coefficient (Wildman–Crippen LogP) is 1.72. The second-order valence-electron chi connectivity index (χ2n) is 8.71. The molecule has 3 atom stereocenters. The van der Waals surface area contributed by atoms with Gasteiger partial charge in [-0.15, -0.1) is 0 Å². The molecule has 178 valence electrons. The molecule has 0 bridgehead atoms. The van der Waals surface area contributed by atoms with Crippen LogP contribution in [-0.4, -0.2) is 88.1 Å². The highest BCUT2D eigenvalue weighted by Gasteiger charge is 2.32. The number of nitrogens with zero attached hydrogens (tertiary/aromatic N) is 3. The van der Waals surface area contributed by atoms with Crippen molar-refractivity contribution in [2.24, 2.45) is 0 Å². The highest BCUT2D eigenvalue weighted by Crippen LogP contribution is 2.29. The first-order valence-corrected chi connectivity index (χ1v) is 12.4. The van der Waals surface area contributed by atoms with E-state index in [9.17, 15) is 18.0 Å². The van der Waals surface area contributed by atoms with Crippen molar-refractivity contribution in [2.75, 3.05) is 45.2 Å². The number of rotatable bonds is 6. The molecule has 2 heterocycles. The summed E-state index contributed by atoms with van der Waals surface area (Å²) < 4.78 is 37.6. The molecule has 0 N–H and O–H groups in total. The Hall–Kier alpha value is -2.17. The quantitative estimate of drug-likeness (QED) is 0.588.